The fourth-order valence-electron chi connectivity index (χ4n) is 2.10. The van der Waals surface area contributed by atoms with E-state index < -0.39 is 12.0 Å². The Morgan fingerprint density at radius 1 is 1.37 bits per heavy atom. The number of aryl methyl sites for hydroxylation is 1. The molecule has 19 heavy (non-hydrogen) atoms. The van der Waals surface area contributed by atoms with Gasteiger partial charge in [-0.05, 0) is 12.5 Å². The van der Waals surface area contributed by atoms with Crippen LogP contribution >= 0.6 is 0 Å². The standard InChI is InChI=1S/C14H16N2O3/c1-3-11(14(18)19)15-13(17)10-8-16(2)12-7-5-4-6-9(10)12/h4-8,11H,3H2,1-2H3,(H,15,17)(H,18,19)/t11-/m0/s1. The number of carbonyl (C=O) groups is 2. The van der Waals surface area contributed by atoms with Gasteiger partial charge < -0.3 is 15.0 Å². The van der Waals surface area contributed by atoms with Crippen LogP contribution in [0.4, 0.5) is 0 Å². The van der Waals surface area contributed by atoms with Crippen molar-refractivity contribution in [1.29, 1.82) is 0 Å². The quantitative estimate of drug-likeness (QED) is 0.880. The number of hydrogen-bond donors (Lipinski definition) is 2. The third kappa shape index (κ3) is 2.45. The first kappa shape index (κ1) is 13.1. The summed E-state index contributed by atoms with van der Waals surface area (Å²) in [5, 5.41) is 12.3. The number of aliphatic carboxylic acids is 1. The number of amides is 1. The van der Waals surface area contributed by atoms with Crippen molar-refractivity contribution in [3.63, 3.8) is 0 Å². The van der Waals surface area contributed by atoms with Crippen LogP contribution < -0.4 is 5.32 Å². The summed E-state index contributed by atoms with van der Waals surface area (Å²) in [6.07, 6.45) is 2.07. The molecule has 0 saturated heterocycles. The fraction of sp³-hybridized carbons (Fsp3) is 0.286. The molecule has 2 aromatic rings. The van der Waals surface area contributed by atoms with Crippen LogP contribution in [0.5, 0.6) is 0 Å². The van der Waals surface area contributed by atoms with Crippen LogP contribution in [0.25, 0.3) is 10.9 Å². The molecule has 0 bridgehead atoms. The van der Waals surface area contributed by atoms with Crippen molar-refractivity contribution >= 4 is 22.8 Å². The van der Waals surface area contributed by atoms with Gasteiger partial charge >= 0.3 is 5.97 Å². The predicted octanol–water partition coefficient (Wildman–Crippen LogP) is 1.77. The summed E-state index contributed by atoms with van der Waals surface area (Å²) >= 11 is 0. The molecular formula is C14H16N2O3. The highest BCUT2D eigenvalue weighted by molar-refractivity contribution is 6.07. The summed E-state index contributed by atoms with van der Waals surface area (Å²) in [4.78, 5) is 23.1. The molecule has 0 fully saturated rings. The summed E-state index contributed by atoms with van der Waals surface area (Å²) in [6, 6.07) is 6.67. The van der Waals surface area contributed by atoms with Gasteiger partial charge in [0.25, 0.3) is 5.91 Å². The van der Waals surface area contributed by atoms with Crippen molar-refractivity contribution < 1.29 is 14.7 Å². The van der Waals surface area contributed by atoms with E-state index >= 15 is 0 Å². The minimum Gasteiger partial charge on any atom is -0.480 e. The summed E-state index contributed by atoms with van der Waals surface area (Å²) in [6.45, 7) is 1.72. The summed E-state index contributed by atoms with van der Waals surface area (Å²) in [5.41, 5.74) is 1.44. The van der Waals surface area contributed by atoms with Crippen LogP contribution in [0.1, 0.15) is 23.7 Å². The normalized spacial score (nSPS) is 12.3. The van der Waals surface area contributed by atoms with Crippen molar-refractivity contribution in [2.45, 2.75) is 19.4 Å². The van der Waals surface area contributed by atoms with Crippen LogP contribution in [0, 0.1) is 0 Å². The molecule has 5 nitrogen and oxygen atoms in total. The number of aromatic nitrogens is 1. The highest BCUT2D eigenvalue weighted by Gasteiger charge is 2.20. The van der Waals surface area contributed by atoms with Crippen molar-refractivity contribution in [1.82, 2.24) is 9.88 Å². The number of carboxylic acid groups (broad SMARTS) is 1. The Kier molecular flexibility index (Phi) is 3.55. The molecule has 0 aliphatic rings. The highest BCUT2D eigenvalue weighted by Crippen LogP contribution is 2.20. The van der Waals surface area contributed by atoms with Gasteiger partial charge in [-0.1, -0.05) is 25.1 Å². The van der Waals surface area contributed by atoms with Gasteiger partial charge in [0.05, 0.1) is 5.56 Å². The van der Waals surface area contributed by atoms with E-state index in [1.807, 2.05) is 35.9 Å². The number of hydrogen-bond acceptors (Lipinski definition) is 2. The van der Waals surface area contributed by atoms with Crippen molar-refractivity contribution in [2.24, 2.45) is 7.05 Å². The molecule has 0 spiro atoms. The van der Waals surface area contributed by atoms with Gasteiger partial charge in [-0.3, -0.25) is 4.79 Å². The molecule has 0 aliphatic carbocycles. The topological polar surface area (TPSA) is 71.3 Å². The maximum atomic E-state index is 12.2. The van der Waals surface area contributed by atoms with E-state index in [9.17, 15) is 9.59 Å². The van der Waals surface area contributed by atoms with Crippen LogP contribution in [0.2, 0.25) is 0 Å². The Morgan fingerprint density at radius 2 is 2.05 bits per heavy atom. The molecule has 0 unspecified atom stereocenters. The van der Waals surface area contributed by atoms with Gasteiger partial charge in [0, 0.05) is 24.1 Å². The van der Waals surface area contributed by atoms with Crippen LogP contribution in [0.15, 0.2) is 30.5 Å². The van der Waals surface area contributed by atoms with E-state index in [0.29, 0.717) is 12.0 Å². The van der Waals surface area contributed by atoms with Crippen LogP contribution in [0.3, 0.4) is 0 Å². The zero-order valence-corrected chi connectivity index (χ0v) is 10.9. The molecule has 5 heteroatoms. The number of rotatable bonds is 4. The first-order chi connectivity index (χ1) is 9.04. The maximum absolute atomic E-state index is 12.2. The number of benzene rings is 1. The first-order valence-corrected chi connectivity index (χ1v) is 6.12. The SMILES string of the molecule is CC[C@H](NC(=O)c1cn(C)c2ccccc12)C(=O)O. The number of para-hydroxylation sites is 1. The lowest BCUT2D eigenvalue weighted by Crippen LogP contribution is -2.40. The zero-order valence-electron chi connectivity index (χ0n) is 10.9. The van der Waals surface area contributed by atoms with Gasteiger partial charge in [-0.15, -0.1) is 0 Å². The second-order valence-corrected chi connectivity index (χ2v) is 4.44. The third-order valence-corrected chi connectivity index (χ3v) is 3.15. The van der Waals surface area contributed by atoms with Gasteiger partial charge in [0.1, 0.15) is 6.04 Å². The van der Waals surface area contributed by atoms with E-state index in [-0.39, 0.29) is 5.91 Å². The van der Waals surface area contributed by atoms with E-state index in [1.54, 1.807) is 13.1 Å². The Hall–Kier alpha value is -2.30. The summed E-state index contributed by atoms with van der Waals surface area (Å²) < 4.78 is 1.85. The second kappa shape index (κ2) is 5.14. The highest BCUT2D eigenvalue weighted by atomic mass is 16.4. The molecule has 100 valence electrons. The molecule has 1 amide bonds. The smallest absolute Gasteiger partial charge is 0.326 e. The molecule has 2 N–H and O–H groups in total. The second-order valence-electron chi connectivity index (χ2n) is 4.44. The van der Waals surface area contributed by atoms with Crippen molar-refractivity contribution in [3.05, 3.63) is 36.0 Å². The zero-order chi connectivity index (χ0) is 14.0. The lowest BCUT2D eigenvalue weighted by atomic mass is 10.1. The number of nitrogens with one attached hydrogen (secondary N) is 1. The fourth-order valence-corrected chi connectivity index (χ4v) is 2.10. The van der Waals surface area contributed by atoms with E-state index in [2.05, 4.69) is 5.32 Å². The molecule has 0 saturated carbocycles. The van der Waals surface area contributed by atoms with Gasteiger partial charge in [0.2, 0.25) is 0 Å². The minimum atomic E-state index is -1.02. The van der Waals surface area contributed by atoms with E-state index in [1.165, 1.54) is 0 Å². The van der Waals surface area contributed by atoms with Crippen LogP contribution in [-0.4, -0.2) is 27.6 Å². The lowest BCUT2D eigenvalue weighted by Gasteiger charge is -2.11. The Morgan fingerprint density at radius 3 is 2.68 bits per heavy atom. The van der Waals surface area contributed by atoms with Gasteiger partial charge in [-0.2, -0.15) is 0 Å². The number of nitrogens with zero attached hydrogens (tertiary/aromatic N) is 1. The predicted molar refractivity (Wildman–Crippen MR) is 72.1 cm³/mol. The third-order valence-electron chi connectivity index (χ3n) is 3.15. The number of carboxylic acids is 1. The average molecular weight is 260 g/mol. The molecule has 0 radical (unpaired) electrons. The van der Waals surface area contributed by atoms with Crippen molar-refractivity contribution in [3.8, 4) is 0 Å². The minimum absolute atomic E-state index is 0.353. The molecular weight excluding hydrogens is 244 g/mol. The van der Waals surface area contributed by atoms with Crippen LogP contribution in [-0.2, 0) is 11.8 Å². The Labute approximate surface area is 110 Å². The van der Waals surface area contributed by atoms with Gasteiger partial charge in [-0.25, -0.2) is 4.79 Å². The molecule has 2 rings (SSSR count). The largest absolute Gasteiger partial charge is 0.480 e. The van der Waals surface area contributed by atoms with E-state index in [4.69, 9.17) is 5.11 Å². The van der Waals surface area contributed by atoms with Crippen molar-refractivity contribution in [2.75, 3.05) is 0 Å². The number of carbonyl (C=O) groups excluding carboxylic acids is 1. The summed E-state index contributed by atoms with van der Waals surface area (Å²) in [5.74, 6) is -1.37. The Bertz CT molecular complexity index is 631. The van der Waals surface area contributed by atoms with Gasteiger partial charge in [0.15, 0.2) is 0 Å². The lowest BCUT2D eigenvalue weighted by molar-refractivity contribution is -0.139. The Balaban J connectivity index is 2.34. The average Bonchev–Trinajstić information content (AvgIpc) is 2.73. The molecule has 1 atom stereocenters. The number of fused-ring (bicyclic) bond motifs is 1. The maximum Gasteiger partial charge on any atom is 0.326 e. The van der Waals surface area contributed by atoms with E-state index in [0.717, 1.165) is 10.9 Å². The summed E-state index contributed by atoms with van der Waals surface area (Å²) in [7, 11) is 1.85. The molecule has 1 aromatic carbocycles. The molecule has 1 aromatic heterocycles. The first-order valence-electron chi connectivity index (χ1n) is 6.12. The molecule has 0 aliphatic heterocycles. The monoisotopic (exact) mass is 260 g/mol. The molecule has 1 heterocycles.